The third kappa shape index (κ3) is 2.62. The quantitative estimate of drug-likeness (QED) is 0.889. The van der Waals surface area contributed by atoms with E-state index in [1.165, 1.54) is 12.3 Å². The molecule has 2 rings (SSSR count). The van der Waals surface area contributed by atoms with Crippen LogP contribution in [0.3, 0.4) is 0 Å². The third-order valence-corrected chi connectivity index (χ3v) is 2.96. The second-order valence-corrected chi connectivity index (χ2v) is 4.25. The molecule has 0 aliphatic rings. The summed E-state index contributed by atoms with van der Waals surface area (Å²) in [5, 5.41) is 10.7. The molecule has 1 heterocycles. The Balaban J connectivity index is 2.36. The van der Waals surface area contributed by atoms with Crippen molar-refractivity contribution in [2.24, 2.45) is 0 Å². The van der Waals surface area contributed by atoms with Crippen LogP contribution in [0.2, 0.25) is 5.02 Å². The summed E-state index contributed by atoms with van der Waals surface area (Å²) in [6, 6.07) is 6.46. The predicted molar refractivity (Wildman–Crippen MR) is 64.4 cm³/mol. The van der Waals surface area contributed by atoms with Gasteiger partial charge in [0.1, 0.15) is 11.9 Å². The van der Waals surface area contributed by atoms with E-state index in [0.29, 0.717) is 16.1 Å². The van der Waals surface area contributed by atoms with E-state index < -0.39 is 11.9 Å². The van der Waals surface area contributed by atoms with Crippen molar-refractivity contribution in [3.63, 3.8) is 0 Å². The van der Waals surface area contributed by atoms with Crippen LogP contribution in [0, 0.1) is 12.7 Å². The summed E-state index contributed by atoms with van der Waals surface area (Å²) < 4.78 is 13.0. The molecule has 0 saturated heterocycles. The molecule has 0 fully saturated rings. The predicted octanol–water partition coefficient (Wildman–Crippen LogP) is 3.26. The summed E-state index contributed by atoms with van der Waals surface area (Å²) in [7, 11) is 0. The summed E-state index contributed by atoms with van der Waals surface area (Å²) >= 11 is 5.90. The normalized spacial score (nSPS) is 12.5. The first-order chi connectivity index (χ1) is 8.08. The molecule has 0 saturated carbocycles. The number of hydrogen-bond acceptors (Lipinski definition) is 2. The van der Waals surface area contributed by atoms with Gasteiger partial charge in [-0.15, -0.1) is 0 Å². The van der Waals surface area contributed by atoms with Gasteiger partial charge in [-0.25, -0.2) is 4.39 Å². The van der Waals surface area contributed by atoms with Gasteiger partial charge in [0.15, 0.2) is 0 Å². The first kappa shape index (κ1) is 12.0. The highest BCUT2D eigenvalue weighted by Crippen LogP contribution is 2.25. The Bertz CT molecular complexity index is 545. The maximum atomic E-state index is 13.0. The third-order valence-electron chi connectivity index (χ3n) is 2.54. The molecule has 4 heteroatoms. The highest BCUT2D eigenvalue weighted by atomic mass is 35.5. The van der Waals surface area contributed by atoms with E-state index in [-0.39, 0.29) is 0 Å². The second kappa shape index (κ2) is 4.82. The fraction of sp³-hybridized carbons (Fsp3) is 0.154. The lowest BCUT2D eigenvalue weighted by atomic mass is 10.0. The van der Waals surface area contributed by atoms with Crippen LogP contribution in [0.5, 0.6) is 0 Å². The lowest BCUT2D eigenvalue weighted by Gasteiger charge is -2.12. The highest BCUT2D eigenvalue weighted by molar-refractivity contribution is 6.31. The van der Waals surface area contributed by atoms with Crippen molar-refractivity contribution in [1.29, 1.82) is 0 Å². The molecule has 88 valence electrons. The minimum atomic E-state index is -0.894. The molecule has 0 aliphatic heterocycles. The van der Waals surface area contributed by atoms with Gasteiger partial charge in [0.25, 0.3) is 0 Å². The number of aliphatic hydroxyl groups excluding tert-OH is 1. The molecule has 1 aromatic carbocycles. The summed E-state index contributed by atoms with van der Waals surface area (Å²) in [5.41, 5.74) is 1.96. The van der Waals surface area contributed by atoms with E-state index >= 15 is 0 Å². The van der Waals surface area contributed by atoms with Gasteiger partial charge in [-0.05, 0) is 30.2 Å². The minimum Gasteiger partial charge on any atom is -0.384 e. The van der Waals surface area contributed by atoms with Crippen molar-refractivity contribution in [3.05, 3.63) is 64.2 Å². The number of rotatable bonds is 2. The van der Waals surface area contributed by atoms with Crippen LogP contribution in [-0.4, -0.2) is 10.1 Å². The van der Waals surface area contributed by atoms with Gasteiger partial charge in [0.2, 0.25) is 0 Å². The molecule has 2 nitrogen and oxygen atoms in total. The monoisotopic (exact) mass is 251 g/mol. The first-order valence-corrected chi connectivity index (χ1v) is 5.50. The molecule has 2 aromatic rings. The molecule has 0 amide bonds. The van der Waals surface area contributed by atoms with Crippen LogP contribution < -0.4 is 0 Å². The van der Waals surface area contributed by atoms with Crippen molar-refractivity contribution < 1.29 is 9.50 Å². The van der Waals surface area contributed by atoms with Crippen molar-refractivity contribution in [2.45, 2.75) is 13.0 Å². The first-order valence-electron chi connectivity index (χ1n) is 5.12. The van der Waals surface area contributed by atoms with Crippen LogP contribution in [0.25, 0.3) is 0 Å². The standard InChI is InChI=1S/C13H11ClFNO/c1-8-4-9(2-3-12(8)14)13(17)10-5-11(15)7-16-6-10/h2-7,13,17H,1H3. The summed E-state index contributed by atoms with van der Waals surface area (Å²) in [5.74, 6) is -0.466. The van der Waals surface area contributed by atoms with Gasteiger partial charge >= 0.3 is 0 Å². The fourth-order valence-corrected chi connectivity index (χ4v) is 1.73. The van der Waals surface area contributed by atoms with Crippen LogP contribution in [0.4, 0.5) is 4.39 Å². The Morgan fingerprint density at radius 2 is 2.00 bits per heavy atom. The van der Waals surface area contributed by atoms with Gasteiger partial charge in [0.05, 0.1) is 6.20 Å². The molecule has 1 unspecified atom stereocenters. The van der Waals surface area contributed by atoms with E-state index in [4.69, 9.17) is 11.6 Å². The lowest BCUT2D eigenvalue weighted by molar-refractivity contribution is 0.219. The average Bonchev–Trinajstić information content (AvgIpc) is 2.32. The number of aromatic nitrogens is 1. The zero-order valence-corrected chi connectivity index (χ0v) is 9.95. The van der Waals surface area contributed by atoms with Gasteiger partial charge in [0, 0.05) is 16.8 Å². The Labute approximate surface area is 104 Å². The Morgan fingerprint density at radius 1 is 1.24 bits per heavy atom. The molecular formula is C13H11ClFNO. The summed E-state index contributed by atoms with van der Waals surface area (Å²) in [4.78, 5) is 3.71. The second-order valence-electron chi connectivity index (χ2n) is 3.85. The Hall–Kier alpha value is -1.45. The topological polar surface area (TPSA) is 33.1 Å². The molecule has 0 spiro atoms. The molecular weight excluding hydrogens is 241 g/mol. The Morgan fingerprint density at radius 3 is 2.65 bits per heavy atom. The number of benzene rings is 1. The van der Waals surface area contributed by atoms with Crippen molar-refractivity contribution in [3.8, 4) is 0 Å². The number of pyridine rings is 1. The molecule has 1 aromatic heterocycles. The van der Waals surface area contributed by atoms with Gasteiger partial charge in [-0.3, -0.25) is 4.98 Å². The number of hydrogen-bond donors (Lipinski definition) is 1. The molecule has 1 N–H and O–H groups in total. The van der Waals surface area contributed by atoms with Gasteiger partial charge in [-0.1, -0.05) is 23.7 Å². The molecule has 0 aliphatic carbocycles. The van der Waals surface area contributed by atoms with E-state index in [2.05, 4.69) is 4.98 Å². The largest absolute Gasteiger partial charge is 0.384 e. The van der Waals surface area contributed by atoms with E-state index in [9.17, 15) is 9.50 Å². The van der Waals surface area contributed by atoms with Crippen LogP contribution in [0.15, 0.2) is 36.7 Å². The number of aryl methyl sites for hydroxylation is 1. The van der Waals surface area contributed by atoms with E-state index in [1.807, 2.05) is 6.92 Å². The lowest BCUT2D eigenvalue weighted by Crippen LogP contribution is -2.01. The molecule has 0 radical (unpaired) electrons. The fourth-order valence-electron chi connectivity index (χ4n) is 1.61. The van der Waals surface area contributed by atoms with Crippen LogP contribution in [-0.2, 0) is 0 Å². The van der Waals surface area contributed by atoms with Crippen LogP contribution in [0.1, 0.15) is 22.8 Å². The number of nitrogens with zero attached hydrogens (tertiary/aromatic N) is 1. The molecule has 0 bridgehead atoms. The minimum absolute atomic E-state index is 0.423. The summed E-state index contributed by atoms with van der Waals surface area (Å²) in [6.45, 7) is 1.85. The zero-order valence-electron chi connectivity index (χ0n) is 9.19. The van der Waals surface area contributed by atoms with Crippen LogP contribution >= 0.6 is 11.6 Å². The Kier molecular flexibility index (Phi) is 3.41. The number of halogens is 2. The van der Waals surface area contributed by atoms with Gasteiger partial charge in [-0.2, -0.15) is 0 Å². The number of aliphatic hydroxyl groups is 1. The smallest absolute Gasteiger partial charge is 0.141 e. The van der Waals surface area contributed by atoms with Crippen molar-refractivity contribution in [2.75, 3.05) is 0 Å². The maximum Gasteiger partial charge on any atom is 0.141 e. The van der Waals surface area contributed by atoms with E-state index in [0.717, 1.165) is 11.8 Å². The zero-order chi connectivity index (χ0) is 12.4. The van der Waals surface area contributed by atoms with Crippen molar-refractivity contribution >= 4 is 11.6 Å². The van der Waals surface area contributed by atoms with E-state index in [1.54, 1.807) is 18.2 Å². The van der Waals surface area contributed by atoms with Crippen molar-refractivity contribution in [1.82, 2.24) is 4.98 Å². The maximum absolute atomic E-state index is 13.0. The molecule has 1 atom stereocenters. The molecule has 17 heavy (non-hydrogen) atoms. The summed E-state index contributed by atoms with van der Waals surface area (Å²) in [6.07, 6.45) is 1.65. The van der Waals surface area contributed by atoms with Gasteiger partial charge < -0.3 is 5.11 Å². The highest BCUT2D eigenvalue weighted by Gasteiger charge is 2.12. The SMILES string of the molecule is Cc1cc(C(O)c2cncc(F)c2)ccc1Cl. The average molecular weight is 252 g/mol.